The molecule has 0 saturated heterocycles. The number of ether oxygens (including phenoxy) is 1. The van der Waals surface area contributed by atoms with Gasteiger partial charge in [0.25, 0.3) is 0 Å². The molecule has 0 aliphatic carbocycles. The van der Waals surface area contributed by atoms with Crippen molar-refractivity contribution in [1.29, 1.82) is 0 Å². The van der Waals surface area contributed by atoms with Crippen LogP contribution in [0.1, 0.15) is 37.9 Å². The van der Waals surface area contributed by atoms with Crippen LogP contribution in [0.3, 0.4) is 0 Å². The standard InChI is InChI=1S/C13H21FN2O/c1-5-17-13(3,4)12(16-15)11-8-10(14)7-6-9(11)2/h6-8,12,16H,5,15H2,1-4H3. The van der Waals surface area contributed by atoms with Crippen LogP contribution in [0.25, 0.3) is 0 Å². The van der Waals surface area contributed by atoms with Crippen LogP contribution >= 0.6 is 0 Å². The Morgan fingerprint density at radius 1 is 1.47 bits per heavy atom. The van der Waals surface area contributed by atoms with Gasteiger partial charge < -0.3 is 4.74 Å². The molecule has 1 rings (SSSR count). The van der Waals surface area contributed by atoms with Gasteiger partial charge in [-0.1, -0.05) is 6.07 Å². The average molecular weight is 240 g/mol. The molecule has 0 fully saturated rings. The topological polar surface area (TPSA) is 47.3 Å². The van der Waals surface area contributed by atoms with Gasteiger partial charge in [-0.3, -0.25) is 11.3 Å². The highest BCUT2D eigenvalue weighted by molar-refractivity contribution is 5.31. The highest BCUT2D eigenvalue weighted by atomic mass is 19.1. The molecule has 0 spiro atoms. The van der Waals surface area contributed by atoms with Crippen molar-refractivity contribution in [3.05, 3.63) is 35.1 Å². The Kier molecular flexibility index (Phi) is 4.62. The van der Waals surface area contributed by atoms with E-state index in [1.54, 1.807) is 6.07 Å². The maximum Gasteiger partial charge on any atom is 0.123 e. The molecule has 1 aromatic carbocycles. The van der Waals surface area contributed by atoms with E-state index in [1.807, 2.05) is 27.7 Å². The van der Waals surface area contributed by atoms with Gasteiger partial charge in [0.15, 0.2) is 0 Å². The Morgan fingerprint density at radius 2 is 2.12 bits per heavy atom. The molecule has 0 heterocycles. The molecule has 0 saturated carbocycles. The van der Waals surface area contributed by atoms with E-state index in [0.29, 0.717) is 6.61 Å². The molecule has 96 valence electrons. The molecule has 3 nitrogen and oxygen atoms in total. The van der Waals surface area contributed by atoms with Crippen LogP contribution in [0.15, 0.2) is 18.2 Å². The Labute approximate surface area is 102 Å². The SMILES string of the molecule is CCOC(C)(C)C(NN)c1cc(F)ccc1C. The average Bonchev–Trinajstić information content (AvgIpc) is 2.23. The summed E-state index contributed by atoms with van der Waals surface area (Å²) in [5.74, 6) is 5.32. The molecule has 0 aromatic heterocycles. The Bertz CT molecular complexity index is 380. The number of halogens is 1. The van der Waals surface area contributed by atoms with Crippen molar-refractivity contribution in [3.63, 3.8) is 0 Å². The zero-order chi connectivity index (χ0) is 13.1. The Hall–Kier alpha value is -0.970. The minimum absolute atomic E-state index is 0.252. The van der Waals surface area contributed by atoms with E-state index >= 15 is 0 Å². The number of benzene rings is 1. The van der Waals surface area contributed by atoms with Crippen molar-refractivity contribution in [2.24, 2.45) is 5.84 Å². The summed E-state index contributed by atoms with van der Waals surface area (Å²) < 4.78 is 19.0. The van der Waals surface area contributed by atoms with Crippen molar-refractivity contribution >= 4 is 0 Å². The molecule has 0 aliphatic rings. The van der Waals surface area contributed by atoms with Gasteiger partial charge in [-0.15, -0.1) is 0 Å². The predicted molar refractivity (Wildman–Crippen MR) is 66.9 cm³/mol. The zero-order valence-corrected chi connectivity index (χ0v) is 10.9. The molecule has 1 unspecified atom stereocenters. The molecule has 0 radical (unpaired) electrons. The first kappa shape index (κ1) is 14.1. The number of nitrogens with one attached hydrogen (secondary N) is 1. The van der Waals surface area contributed by atoms with E-state index in [4.69, 9.17) is 10.6 Å². The van der Waals surface area contributed by atoms with Gasteiger partial charge in [0.1, 0.15) is 5.82 Å². The summed E-state index contributed by atoms with van der Waals surface area (Å²) in [7, 11) is 0. The first-order chi connectivity index (χ1) is 7.92. The van der Waals surface area contributed by atoms with Gasteiger partial charge in [-0.25, -0.2) is 4.39 Å². The van der Waals surface area contributed by atoms with Gasteiger partial charge in [0.2, 0.25) is 0 Å². The molecule has 17 heavy (non-hydrogen) atoms. The van der Waals surface area contributed by atoms with Gasteiger partial charge in [-0.05, 0) is 51.0 Å². The maximum atomic E-state index is 13.3. The Balaban J connectivity index is 3.13. The van der Waals surface area contributed by atoms with Crippen LogP contribution in [0.4, 0.5) is 4.39 Å². The van der Waals surface area contributed by atoms with Crippen molar-refractivity contribution in [1.82, 2.24) is 5.43 Å². The number of hydrogen-bond donors (Lipinski definition) is 2. The van der Waals surface area contributed by atoms with Crippen LogP contribution < -0.4 is 11.3 Å². The summed E-state index contributed by atoms with van der Waals surface area (Å²) >= 11 is 0. The third kappa shape index (κ3) is 3.25. The predicted octanol–water partition coefficient (Wildman–Crippen LogP) is 2.45. The van der Waals surface area contributed by atoms with Crippen molar-refractivity contribution in [2.45, 2.75) is 39.3 Å². The molecule has 4 heteroatoms. The minimum Gasteiger partial charge on any atom is -0.374 e. The number of hydrazine groups is 1. The summed E-state index contributed by atoms with van der Waals surface area (Å²) in [6, 6.07) is 4.44. The first-order valence-electron chi connectivity index (χ1n) is 5.78. The maximum absolute atomic E-state index is 13.3. The van der Waals surface area contributed by atoms with Crippen LogP contribution in [0.5, 0.6) is 0 Å². The van der Waals surface area contributed by atoms with Crippen molar-refractivity contribution in [2.75, 3.05) is 6.61 Å². The molecule has 0 bridgehead atoms. The second kappa shape index (κ2) is 5.58. The fourth-order valence-electron chi connectivity index (χ4n) is 2.04. The molecule has 0 amide bonds. The summed E-state index contributed by atoms with van der Waals surface area (Å²) in [6.45, 7) is 8.31. The molecule has 1 aromatic rings. The minimum atomic E-state index is -0.498. The van der Waals surface area contributed by atoms with Crippen molar-refractivity contribution < 1.29 is 9.13 Å². The first-order valence-corrected chi connectivity index (χ1v) is 5.78. The van der Waals surface area contributed by atoms with E-state index in [1.165, 1.54) is 12.1 Å². The van der Waals surface area contributed by atoms with Crippen LogP contribution in [0.2, 0.25) is 0 Å². The lowest BCUT2D eigenvalue weighted by Gasteiger charge is -2.34. The normalized spacial score (nSPS) is 13.8. The van der Waals surface area contributed by atoms with E-state index in [0.717, 1.165) is 11.1 Å². The third-order valence-electron chi connectivity index (χ3n) is 2.93. The van der Waals surface area contributed by atoms with Crippen LogP contribution in [0, 0.1) is 12.7 Å². The van der Waals surface area contributed by atoms with Crippen molar-refractivity contribution in [3.8, 4) is 0 Å². The van der Waals surface area contributed by atoms with Gasteiger partial charge in [-0.2, -0.15) is 0 Å². The monoisotopic (exact) mass is 240 g/mol. The van der Waals surface area contributed by atoms with Crippen LogP contribution in [-0.4, -0.2) is 12.2 Å². The summed E-state index contributed by atoms with van der Waals surface area (Å²) in [5, 5.41) is 0. The second-order valence-electron chi connectivity index (χ2n) is 4.64. The van der Waals surface area contributed by atoms with E-state index in [9.17, 15) is 4.39 Å². The summed E-state index contributed by atoms with van der Waals surface area (Å²) in [6.07, 6.45) is 0. The number of rotatable bonds is 5. The third-order valence-corrected chi connectivity index (χ3v) is 2.93. The lowest BCUT2D eigenvalue weighted by molar-refractivity contribution is -0.0394. The molecular weight excluding hydrogens is 219 g/mol. The highest BCUT2D eigenvalue weighted by Gasteiger charge is 2.31. The van der Waals surface area contributed by atoms with E-state index < -0.39 is 5.60 Å². The Morgan fingerprint density at radius 3 is 2.65 bits per heavy atom. The number of aryl methyl sites for hydroxylation is 1. The van der Waals surface area contributed by atoms with Gasteiger partial charge in [0, 0.05) is 6.61 Å². The van der Waals surface area contributed by atoms with E-state index in [-0.39, 0.29) is 11.9 Å². The van der Waals surface area contributed by atoms with E-state index in [2.05, 4.69) is 5.43 Å². The molecule has 3 N–H and O–H groups in total. The second-order valence-corrected chi connectivity index (χ2v) is 4.64. The lowest BCUT2D eigenvalue weighted by atomic mass is 9.89. The fraction of sp³-hybridized carbons (Fsp3) is 0.538. The quantitative estimate of drug-likeness (QED) is 0.614. The largest absolute Gasteiger partial charge is 0.374 e. The fourth-order valence-corrected chi connectivity index (χ4v) is 2.04. The summed E-state index contributed by atoms with van der Waals surface area (Å²) in [4.78, 5) is 0. The van der Waals surface area contributed by atoms with Gasteiger partial charge in [0.05, 0.1) is 11.6 Å². The zero-order valence-electron chi connectivity index (χ0n) is 10.9. The molecule has 0 aliphatic heterocycles. The highest BCUT2D eigenvalue weighted by Crippen LogP contribution is 2.30. The number of nitrogens with two attached hydrogens (primary N) is 1. The number of hydrogen-bond acceptors (Lipinski definition) is 3. The summed E-state index contributed by atoms with van der Waals surface area (Å²) in [5.41, 5.74) is 4.03. The smallest absolute Gasteiger partial charge is 0.123 e. The lowest BCUT2D eigenvalue weighted by Crippen LogP contribution is -2.45. The van der Waals surface area contributed by atoms with Gasteiger partial charge >= 0.3 is 0 Å². The molecular formula is C13H21FN2O. The van der Waals surface area contributed by atoms with Crippen LogP contribution in [-0.2, 0) is 4.74 Å². The molecule has 1 atom stereocenters.